The van der Waals surface area contributed by atoms with Gasteiger partial charge in [0, 0.05) is 42.5 Å². The number of urea groups is 1. The molecule has 0 atom stereocenters. The Morgan fingerprint density at radius 1 is 1.10 bits per heavy atom. The van der Waals surface area contributed by atoms with E-state index in [1.165, 1.54) is 19.3 Å². The molecule has 7 nitrogen and oxygen atoms in total. The number of benzene rings is 1. The van der Waals surface area contributed by atoms with Gasteiger partial charge in [0.15, 0.2) is 0 Å². The summed E-state index contributed by atoms with van der Waals surface area (Å²) in [6.45, 7) is 4.04. The first-order valence-electron chi connectivity index (χ1n) is 10.9. The van der Waals surface area contributed by atoms with Crippen molar-refractivity contribution in [2.45, 2.75) is 56.5 Å². The van der Waals surface area contributed by atoms with Gasteiger partial charge in [-0.2, -0.15) is 0 Å². The minimum atomic E-state index is -0.219. The van der Waals surface area contributed by atoms with Crippen molar-refractivity contribution >= 4 is 17.6 Å². The largest absolute Gasteiger partial charge is 0.379 e. The number of morpholine rings is 1. The number of ether oxygens (including phenoxy) is 1. The van der Waals surface area contributed by atoms with Crippen LogP contribution in [0.3, 0.4) is 0 Å². The van der Waals surface area contributed by atoms with Crippen LogP contribution < -0.4 is 16.0 Å². The third-order valence-corrected chi connectivity index (χ3v) is 6.34. The summed E-state index contributed by atoms with van der Waals surface area (Å²) in [6.07, 6.45) is 8.02. The first kappa shape index (κ1) is 20.2. The monoisotopic (exact) mass is 400 g/mol. The number of hydrogen-bond donors (Lipinski definition) is 3. The van der Waals surface area contributed by atoms with E-state index < -0.39 is 0 Å². The van der Waals surface area contributed by atoms with Gasteiger partial charge in [0.05, 0.1) is 13.2 Å². The van der Waals surface area contributed by atoms with E-state index in [4.69, 9.17) is 4.74 Å². The number of nitrogens with one attached hydrogen (secondary N) is 3. The Hall–Kier alpha value is -2.12. The zero-order valence-corrected chi connectivity index (χ0v) is 17.0. The molecule has 7 heteroatoms. The van der Waals surface area contributed by atoms with Gasteiger partial charge in [-0.25, -0.2) is 4.79 Å². The van der Waals surface area contributed by atoms with Crippen LogP contribution in [-0.4, -0.2) is 61.3 Å². The maximum absolute atomic E-state index is 12.6. The Morgan fingerprint density at radius 3 is 2.59 bits per heavy atom. The molecule has 1 heterocycles. The van der Waals surface area contributed by atoms with Crippen molar-refractivity contribution in [3.8, 4) is 0 Å². The van der Waals surface area contributed by atoms with Crippen LogP contribution in [0.4, 0.5) is 10.5 Å². The molecular formula is C22H32N4O3. The number of rotatable bonds is 6. The Kier molecular flexibility index (Phi) is 6.35. The van der Waals surface area contributed by atoms with Crippen molar-refractivity contribution in [2.75, 3.05) is 38.2 Å². The zero-order valence-electron chi connectivity index (χ0n) is 17.0. The summed E-state index contributed by atoms with van der Waals surface area (Å²) < 4.78 is 5.52. The molecule has 0 aromatic heterocycles. The van der Waals surface area contributed by atoms with Crippen LogP contribution in [0, 0.1) is 0 Å². The minimum Gasteiger partial charge on any atom is -0.379 e. The van der Waals surface area contributed by atoms with E-state index in [1.807, 2.05) is 6.07 Å². The molecule has 1 aliphatic heterocycles. The van der Waals surface area contributed by atoms with Crippen molar-refractivity contribution in [3.63, 3.8) is 0 Å². The molecule has 2 aliphatic carbocycles. The Labute approximate surface area is 172 Å². The van der Waals surface area contributed by atoms with Crippen LogP contribution in [0.15, 0.2) is 24.3 Å². The molecular weight excluding hydrogens is 368 g/mol. The fourth-order valence-corrected chi connectivity index (χ4v) is 4.51. The summed E-state index contributed by atoms with van der Waals surface area (Å²) in [4.78, 5) is 27.3. The van der Waals surface area contributed by atoms with Gasteiger partial charge < -0.3 is 20.7 Å². The van der Waals surface area contributed by atoms with Crippen LogP contribution in [0.5, 0.6) is 0 Å². The minimum absolute atomic E-state index is 0.0331. The summed E-state index contributed by atoms with van der Waals surface area (Å²) >= 11 is 0. The molecule has 0 bridgehead atoms. The van der Waals surface area contributed by atoms with E-state index in [2.05, 4.69) is 20.9 Å². The van der Waals surface area contributed by atoms with Gasteiger partial charge in [-0.3, -0.25) is 9.69 Å². The quantitative estimate of drug-likeness (QED) is 0.686. The number of nitrogens with zero attached hydrogens (tertiary/aromatic N) is 1. The van der Waals surface area contributed by atoms with Crippen LogP contribution in [-0.2, 0) is 4.74 Å². The summed E-state index contributed by atoms with van der Waals surface area (Å²) in [7, 11) is 0. The lowest BCUT2D eigenvalue weighted by atomic mass is 9.80. The normalized spacial score (nSPS) is 21.9. The lowest BCUT2D eigenvalue weighted by Crippen LogP contribution is -2.60. The second-order valence-corrected chi connectivity index (χ2v) is 8.52. The SMILES string of the molecule is O=C(NCC1(N2CCOCC2)CCCCC1)Nc1cccc(C(=O)NC2CC2)c1. The zero-order chi connectivity index (χ0) is 20.1. The summed E-state index contributed by atoms with van der Waals surface area (Å²) in [5.41, 5.74) is 1.24. The van der Waals surface area contributed by atoms with E-state index in [0.717, 1.165) is 52.0 Å². The molecule has 1 aromatic rings. The van der Waals surface area contributed by atoms with Gasteiger partial charge in [0.1, 0.15) is 0 Å². The van der Waals surface area contributed by atoms with Gasteiger partial charge in [0.2, 0.25) is 0 Å². The number of carbonyl (C=O) groups excluding carboxylic acids is 2. The Bertz CT molecular complexity index is 723. The standard InChI is InChI=1S/C22H32N4O3/c27-20(24-18-7-8-18)17-5-4-6-19(15-17)25-21(28)23-16-22(9-2-1-3-10-22)26-11-13-29-14-12-26/h4-6,15,18H,1-3,7-14,16H2,(H,24,27)(H2,23,25,28). The molecule has 0 radical (unpaired) electrons. The van der Waals surface area contributed by atoms with Gasteiger partial charge in [-0.05, 0) is 43.9 Å². The van der Waals surface area contributed by atoms with E-state index in [9.17, 15) is 9.59 Å². The third kappa shape index (κ3) is 5.28. The van der Waals surface area contributed by atoms with Crippen LogP contribution in [0.25, 0.3) is 0 Å². The highest BCUT2D eigenvalue weighted by molar-refractivity contribution is 5.97. The van der Waals surface area contributed by atoms with Crippen molar-refractivity contribution in [2.24, 2.45) is 0 Å². The van der Waals surface area contributed by atoms with Gasteiger partial charge in [0.25, 0.3) is 5.91 Å². The first-order valence-corrected chi connectivity index (χ1v) is 10.9. The molecule has 3 amide bonds. The summed E-state index contributed by atoms with van der Waals surface area (Å²) in [6, 6.07) is 7.21. The average molecular weight is 401 g/mol. The molecule has 0 unspecified atom stereocenters. The number of hydrogen-bond acceptors (Lipinski definition) is 4. The number of anilines is 1. The van der Waals surface area contributed by atoms with Crippen molar-refractivity contribution in [1.29, 1.82) is 0 Å². The lowest BCUT2D eigenvalue weighted by Gasteiger charge is -2.48. The molecule has 2 saturated carbocycles. The van der Waals surface area contributed by atoms with Crippen LogP contribution >= 0.6 is 0 Å². The Morgan fingerprint density at radius 2 is 1.86 bits per heavy atom. The highest BCUT2D eigenvalue weighted by Gasteiger charge is 2.38. The van der Waals surface area contributed by atoms with E-state index in [1.54, 1.807) is 18.2 Å². The molecule has 3 aliphatic rings. The van der Waals surface area contributed by atoms with E-state index >= 15 is 0 Å². The van der Waals surface area contributed by atoms with Crippen molar-refractivity contribution < 1.29 is 14.3 Å². The second-order valence-electron chi connectivity index (χ2n) is 8.52. The van der Waals surface area contributed by atoms with E-state index in [0.29, 0.717) is 23.8 Å². The maximum Gasteiger partial charge on any atom is 0.319 e. The topological polar surface area (TPSA) is 82.7 Å². The predicted octanol–water partition coefficient (Wildman–Crippen LogP) is 2.74. The molecule has 1 aromatic carbocycles. The Balaban J connectivity index is 1.34. The van der Waals surface area contributed by atoms with Crippen LogP contribution in [0.1, 0.15) is 55.3 Å². The molecule has 4 rings (SSSR count). The number of carbonyl (C=O) groups is 2. The second kappa shape index (κ2) is 9.13. The molecule has 29 heavy (non-hydrogen) atoms. The van der Waals surface area contributed by atoms with E-state index in [-0.39, 0.29) is 17.5 Å². The maximum atomic E-state index is 12.6. The van der Waals surface area contributed by atoms with Crippen molar-refractivity contribution in [3.05, 3.63) is 29.8 Å². The molecule has 1 saturated heterocycles. The highest BCUT2D eigenvalue weighted by Crippen LogP contribution is 2.33. The van der Waals surface area contributed by atoms with Gasteiger partial charge >= 0.3 is 6.03 Å². The summed E-state index contributed by atoms with van der Waals surface area (Å²) in [5, 5.41) is 8.97. The van der Waals surface area contributed by atoms with Gasteiger partial charge in [-0.15, -0.1) is 0 Å². The fraction of sp³-hybridized carbons (Fsp3) is 0.636. The fourth-order valence-electron chi connectivity index (χ4n) is 4.51. The molecule has 0 spiro atoms. The predicted molar refractivity (Wildman–Crippen MR) is 112 cm³/mol. The van der Waals surface area contributed by atoms with Crippen LogP contribution in [0.2, 0.25) is 0 Å². The summed E-state index contributed by atoms with van der Waals surface area (Å²) in [5.74, 6) is -0.0787. The molecule has 3 N–H and O–H groups in total. The lowest BCUT2D eigenvalue weighted by molar-refractivity contribution is -0.0356. The highest BCUT2D eigenvalue weighted by atomic mass is 16.5. The smallest absolute Gasteiger partial charge is 0.319 e. The molecule has 3 fully saturated rings. The number of amides is 3. The average Bonchev–Trinajstić information content (AvgIpc) is 3.58. The van der Waals surface area contributed by atoms with Crippen molar-refractivity contribution in [1.82, 2.24) is 15.5 Å². The third-order valence-electron chi connectivity index (χ3n) is 6.34. The molecule has 158 valence electrons. The first-order chi connectivity index (χ1) is 14.1. The van der Waals surface area contributed by atoms with Gasteiger partial charge in [-0.1, -0.05) is 25.3 Å².